The standard InChI is InChI=1S/2C16H19P.2ClH.Pd/c2*1-16(2,3)17(14-10-6-4-7-11-14)15-12-8-5-9-13-15;;;/h2*4-13H,1-3H3;2*1H;/q;;;;+2/p-2. The van der Waals surface area contributed by atoms with E-state index >= 15 is 0 Å². The molecule has 0 saturated carbocycles. The Bertz CT molecular complexity index is 956. The fourth-order valence-electron chi connectivity index (χ4n) is 4.16. The summed E-state index contributed by atoms with van der Waals surface area (Å²) in [5.41, 5.74) is 0. The van der Waals surface area contributed by atoms with Crippen LogP contribution >= 0.6 is 34.9 Å². The van der Waals surface area contributed by atoms with E-state index in [2.05, 4.69) is 163 Å². The van der Waals surface area contributed by atoms with Gasteiger partial charge in [0, 0.05) is 0 Å². The third kappa shape index (κ3) is 10.9. The molecule has 0 unspecified atom stereocenters. The minimum atomic E-state index is -0.292. The molecule has 0 N–H and O–H groups in total. The second-order valence-electron chi connectivity index (χ2n) is 10.4. The molecule has 0 fully saturated rings. The first-order chi connectivity index (χ1) is 17.6. The molecule has 37 heavy (non-hydrogen) atoms. The second-order valence-corrected chi connectivity index (χ2v) is 18.9. The summed E-state index contributed by atoms with van der Waals surface area (Å²) in [6.45, 7) is 14.0. The van der Waals surface area contributed by atoms with Gasteiger partial charge in [-0.3, -0.25) is 0 Å². The Morgan fingerprint density at radius 3 is 0.703 bits per heavy atom. The zero-order valence-electron chi connectivity index (χ0n) is 22.5. The van der Waals surface area contributed by atoms with E-state index in [1.165, 1.54) is 21.2 Å². The summed E-state index contributed by atoms with van der Waals surface area (Å²) in [5.74, 6) is 0. The monoisotopic (exact) mass is 660 g/mol. The normalized spacial score (nSPS) is 11.4. The van der Waals surface area contributed by atoms with Crippen molar-refractivity contribution in [3.05, 3.63) is 121 Å². The third-order valence-corrected chi connectivity index (χ3v) is 11.3. The van der Waals surface area contributed by atoms with E-state index in [-0.39, 0.29) is 42.1 Å². The number of halogens is 2. The molecule has 5 heteroatoms. The number of hydrogen-bond donors (Lipinski definition) is 0. The molecule has 0 heterocycles. The van der Waals surface area contributed by atoms with Crippen LogP contribution in [0.25, 0.3) is 0 Å². The van der Waals surface area contributed by atoms with Crippen LogP contribution in [0.15, 0.2) is 121 Å². The van der Waals surface area contributed by atoms with Gasteiger partial charge in [-0.1, -0.05) is 163 Å². The van der Waals surface area contributed by atoms with Crippen LogP contribution in [0.4, 0.5) is 0 Å². The van der Waals surface area contributed by atoms with E-state index in [1.807, 2.05) is 0 Å². The zero-order valence-corrected chi connectivity index (χ0v) is 27.4. The summed E-state index contributed by atoms with van der Waals surface area (Å²) >= 11 is -0.106. The van der Waals surface area contributed by atoms with Gasteiger partial charge < -0.3 is 0 Å². The molecule has 0 spiro atoms. The average molecular weight is 662 g/mol. The molecule has 0 aliphatic carbocycles. The van der Waals surface area contributed by atoms with Crippen molar-refractivity contribution in [2.45, 2.75) is 51.9 Å². The van der Waals surface area contributed by atoms with E-state index in [0.29, 0.717) is 0 Å². The summed E-state index contributed by atoms with van der Waals surface area (Å²) in [6.07, 6.45) is 0. The molecule has 0 bridgehead atoms. The Balaban J connectivity index is 0.000000235. The van der Waals surface area contributed by atoms with Crippen molar-refractivity contribution in [2.24, 2.45) is 0 Å². The van der Waals surface area contributed by atoms with Gasteiger partial charge >= 0.3 is 35.0 Å². The van der Waals surface area contributed by atoms with Gasteiger partial charge in [-0.15, -0.1) is 0 Å². The summed E-state index contributed by atoms with van der Waals surface area (Å²) in [4.78, 5) is 0. The van der Waals surface area contributed by atoms with Crippen LogP contribution in [0.3, 0.4) is 0 Å². The van der Waals surface area contributed by atoms with Crippen molar-refractivity contribution in [3.8, 4) is 0 Å². The molecule has 0 aliphatic rings. The Hall–Kier alpha value is -1.02. The number of rotatable bonds is 4. The van der Waals surface area contributed by atoms with Crippen molar-refractivity contribution in [3.63, 3.8) is 0 Å². The zero-order chi connectivity index (χ0) is 27.3. The van der Waals surface area contributed by atoms with Gasteiger partial charge in [-0.25, -0.2) is 0 Å². The van der Waals surface area contributed by atoms with Crippen LogP contribution < -0.4 is 21.2 Å². The van der Waals surface area contributed by atoms with Gasteiger partial charge in [0.15, 0.2) is 0 Å². The third-order valence-electron chi connectivity index (χ3n) is 5.40. The van der Waals surface area contributed by atoms with Crippen LogP contribution in [0, 0.1) is 0 Å². The molecule has 4 aromatic rings. The molecule has 0 nitrogen and oxygen atoms in total. The molecule has 0 atom stereocenters. The summed E-state index contributed by atoms with van der Waals surface area (Å²) in [5, 5.41) is 6.42. The summed E-state index contributed by atoms with van der Waals surface area (Å²) in [6, 6.07) is 43.5. The molecular formula is C32H38Cl2P2Pd. The Labute approximate surface area is 243 Å². The molecule has 200 valence electrons. The topological polar surface area (TPSA) is 0 Å². The molecule has 0 amide bonds. The molecule has 0 radical (unpaired) electrons. The van der Waals surface area contributed by atoms with Crippen molar-refractivity contribution in [2.75, 3.05) is 0 Å². The van der Waals surface area contributed by atoms with E-state index in [1.54, 1.807) is 0 Å². The van der Waals surface area contributed by atoms with E-state index in [9.17, 15) is 0 Å². The van der Waals surface area contributed by atoms with E-state index in [0.717, 1.165) is 0 Å². The van der Waals surface area contributed by atoms with Gasteiger partial charge in [-0.05, 0) is 47.4 Å². The van der Waals surface area contributed by atoms with Crippen molar-refractivity contribution < 1.29 is 15.9 Å². The molecule has 0 saturated heterocycles. The SMILES string of the molecule is CC(C)(C)P(c1ccccc1)c1ccccc1.CC(C)(C)P(c1ccccc1)c1ccccc1.[Cl][Pd][Cl]. The van der Waals surface area contributed by atoms with Gasteiger partial charge in [0.2, 0.25) is 0 Å². The van der Waals surface area contributed by atoms with Crippen molar-refractivity contribution in [1.82, 2.24) is 0 Å². The number of hydrogen-bond acceptors (Lipinski definition) is 0. The van der Waals surface area contributed by atoms with Crippen LogP contribution in [0.2, 0.25) is 0 Å². The van der Waals surface area contributed by atoms with Gasteiger partial charge in [0.1, 0.15) is 0 Å². The fraction of sp³-hybridized carbons (Fsp3) is 0.250. The van der Waals surface area contributed by atoms with Gasteiger partial charge in [0.05, 0.1) is 0 Å². The maximum atomic E-state index is 4.81. The van der Waals surface area contributed by atoms with Crippen LogP contribution in [0.5, 0.6) is 0 Å². The van der Waals surface area contributed by atoms with Crippen LogP contribution in [-0.4, -0.2) is 10.3 Å². The first kappa shape index (κ1) is 32.2. The van der Waals surface area contributed by atoms with Crippen molar-refractivity contribution >= 4 is 56.1 Å². The molecule has 4 aromatic carbocycles. The summed E-state index contributed by atoms with van der Waals surface area (Å²) < 4.78 is 0. The van der Waals surface area contributed by atoms with Crippen molar-refractivity contribution in [1.29, 1.82) is 0 Å². The van der Waals surface area contributed by atoms with Gasteiger partial charge in [0.25, 0.3) is 0 Å². The maximum absolute atomic E-state index is 4.81. The average Bonchev–Trinajstić information content (AvgIpc) is 2.86. The Morgan fingerprint density at radius 1 is 0.405 bits per heavy atom. The van der Waals surface area contributed by atoms with Crippen LogP contribution in [-0.2, 0) is 15.9 Å². The van der Waals surface area contributed by atoms with Gasteiger partial charge in [-0.2, -0.15) is 0 Å². The Kier molecular flexibility index (Phi) is 14.1. The fourth-order valence-corrected chi connectivity index (χ4v) is 9.73. The van der Waals surface area contributed by atoms with E-state index < -0.39 is 0 Å². The Morgan fingerprint density at radius 2 is 0.568 bits per heavy atom. The quantitative estimate of drug-likeness (QED) is 0.151. The minimum absolute atomic E-state index is 0.106. The first-order valence-corrected chi connectivity index (χ1v) is 18.9. The predicted molar refractivity (Wildman–Crippen MR) is 169 cm³/mol. The first-order valence-electron chi connectivity index (χ1n) is 12.2. The molecule has 0 aromatic heterocycles. The van der Waals surface area contributed by atoms with E-state index in [4.69, 9.17) is 19.1 Å². The molecular weight excluding hydrogens is 624 g/mol. The molecule has 4 rings (SSSR count). The summed E-state index contributed by atoms with van der Waals surface area (Å²) in [7, 11) is 9.04. The molecule has 0 aliphatic heterocycles. The second kappa shape index (κ2) is 16.2. The predicted octanol–water partition coefficient (Wildman–Crippen LogP) is 9.21. The van der Waals surface area contributed by atoms with Crippen LogP contribution in [0.1, 0.15) is 41.5 Å². The number of benzene rings is 4.